The van der Waals surface area contributed by atoms with E-state index in [1.54, 1.807) is 7.11 Å². The zero-order valence-electron chi connectivity index (χ0n) is 10.1. The van der Waals surface area contributed by atoms with Crippen LogP contribution in [0.15, 0.2) is 18.3 Å². The molecule has 0 aliphatic rings. The number of pyridine rings is 1. The maximum Gasteiger partial charge on any atom is 0.673 e. The van der Waals surface area contributed by atoms with E-state index in [1.165, 1.54) is 12.1 Å². The monoisotopic (exact) mass is 253 g/mol. The Morgan fingerprint density at radius 3 is 2.12 bits per heavy atom. The highest BCUT2D eigenvalue weighted by molar-refractivity contribution is 6.50. The Bertz CT molecular complexity index is 338. The number of hydrogen-bond donors (Lipinski definition) is 0. The minimum atomic E-state index is -6.00. The Balaban J connectivity index is 0.000000437. The molecule has 0 saturated heterocycles. The molecular formula is C10H16BF4NO. The summed E-state index contributed by atoms with van der Waals surface area (Å²) in [6.45, 7) is 2.18. The lowest BCUT2D eigenvalue weighted by Crippen LogP contribution is -2.32. The third-order valence-electron chi connectivity index (χ3n) is 1.96. The number of halogens is 4. The molecular weight excluding hydrogens is 237 g/mol. The van der Waals surface area contributed by atoms with E-state index in [1.807, 2.05) is 19.3 Å². The van der Waals surface area contributed by atoms with Gasteiger partial charge in [-0.25, -0.2) is 4.57 Å². The third-order valence-corrected chi connectivity index (χ3v) is 1.96. The molecule has 0 atom stereocenters. The fraction of sp³-hybridized carbons (Fsp3) is 0.500. The van der Waals surface area contributed by atoms with Crippen LogP contribution in [-0.4, -0.2) is 14.4 Å². The van der Waals surface area contributed by atoms with Crippen LogP contribution < -0.4 is 9.30 Å². The van der Waals surface area contributed by atoms with E-state index >= 15 is 0 Å². The molecule has 2 nitrogen and oxygen atoms in total. The summed E-state index contributed by atoms with van der Waals surface area (Å²) in [5.74, 6) is 0.914. The van der Waals surface area contributed by atoms with Gasteiger partial charge in [-0.15, -0.1) is 0 Å². The molecule has 0 N–H and O–H groups in total. The van der Waals surface area contributed by atoms with Crippen molar-refractivity contribution < 1.29 is 26.6 Å². The smallest absolute Gasteiger partial charge is 0.491 e. The molecule has 1 rings (SSSR count). The zero-order chi connectivity index (χ0) is 13.5. The van der Waals surface area contributed by atoms with Crippen molar-refractivity contribution in [1.82, 2.24) is 0 Å². The van der Waals surface area contributed by atoms with E-state index in [2.05, 4.69) is 17.6 Å². The highest BCUT2D eigenvalue weighted by Crippen LogP contribution is 2.07. The molecule has 0 radical (unpaired) electrons. The third kappa shape index (κ3) is 8.53. The minimum Gasteiger partial charge on any atom is -0.491 e. The van der Waals surface area contributed by atoms with Gasteiger partial charge in [-0.1, -0.05) is 6.92 Å². The van der Waals surface area contributed by atoms with E-state index in [4.69, 9.17) is 4.74 Å². The number of aryl methyl sites for hydroxylation is 2. The molecule has 98 valence electrons. The molecule has 1 heterocycles. The Morgan fingerprint density at radius 1 is 1.24 bits per heavy atom. The predicted octanol–water partition coefficient (Wildman–Crippen LogP) is 2.77. The SMILES string of the molecule is CCCc1ccc(OC)c[n+]1C.F[B-](F)(F)F. The van der Waals surface area contributed by atoms with Crippen LogP contribution in [0.2, 0.25) is 0 Å². The van der Waals surface area contributed by atoms with Gasteiger partial charge < -0.3 is 22.0 Å². The lowest BCUT2D eigenvalue weighted by molar-refractivity contribution is -0.679. The van der Waals surface area contributed by atoms with Gasteiger partial charge in [-0.3, -0.25) is 0 Å². The maximum atomic E-state index is 9.75. The topological polar surface area (TPSA) is 13.1 Å². The summed E-state index contributed by atoms with van der Waals surface area (Å²) in [5.41, 5.74) is 1.35. The molecule has 1 aromatic rings. The maximum absolute atomic E-state index is 9.75. The Morgan fingerprint density at radius 2 is 1.76 bits per heavy atom. The first-order chi connectivity index (χ1) is 7.77. The molecule has 0 bridgehead atoms. The van der Waals surface area contributed by atoms with Gasteiger partial charge in [0.25, 0.3) is 0 Å². The predicted molar refractivity (Wildman–Crippen MR) is 58.4 cm³/mol. The van der Waals surface area contributed by atoms with Crippen molar-refractivity contribution in [2.75, 3.05) is 7.11 Å². The molecule has 0 aliphatic carbocycles. The Kier molecular flexibility index (Phi) is 6.61. The summed E-state index contributed by atoms with van der Waals surface area (Å²) in [6.07, 6.45) is 4.31. The largest absolute Gasteiger partial charge is 0.673 e. The Hall–Kier alpha value is -1.27. The second kappa shape index (κ2) is 7.14. The minimum absolute atomic E-state index is 0.914. The fourth-order valence-corrected chi connectivity index (χ4v) is 1.25. The van der Waals surface area contributed by atoms with E-state index in [0.717, 1.165) is 12.2 Å². The van der Waals surface area contributed by atoms with Gasteiger partial charge in [-0.05, 0) is 12.5 Å². The number of rotatable bonds is 3. The summed E-state index contributed by atoms with van der Waals surface area (Å²) in [7, 11) is -2.26. The second-order valence-electron chi connectivity index (χ2n) is 3.42. The van der Waals surface area contributed by atoms with Gasteiger partial charge in [0.2, 0.25) is 6.20 Å². The molecule has 0 unspecified atom stereocenters. The van der Waals surface area contributed by atoms with Gasteiger partial charge in [0.15, 0.2) is 11.4 Å². The average molecular weight is 253 g/mol. The van der Waals surface area contributed by atoms with Crippen LogP contribution in [0.4, 0.5) is 17.3 Å². The van der Waals surface area contributed by atoms with Crippen molar-refractivity contribution in [2.24, 2.45) is 7.05 Å². The summed E-state index contributed by atoms with van der Waals surface area (Å²) >= 11 is 0. The van der Waals surface area contributed by atoms with Crippen LogP contribution in [0, 0.1) is 0 Å². The van der Waals surface area contributed by atoms with Crippen molar-refractivity contribution in [1.29, 1.82) is 0 Å². The molecule has 0 fully saturated rings. The highest BCUT2D eigenvalue weighted by Gasteiger charge is 2.20. The summed E-state index contributed by atoms with van der Waals surface area (Å²) < 4.78 is 46.2. The van der Waals surface area contributed by atoms with Crippen molar-refractivity contribution in [2.45, 2.75) is 19.8 Å². The van der Waals surface area contributed by atoms with E-state index in [0.29, 0.717) is 0 Å². The van der Waals surface area contributed by atoms with Crippen molar-refractivity contribution in [3.05, 3.63) is 24.0 Å². The quantitative estimate of drug-likeness (QED) is 0.458. The van der Waals surface area contributed by atoms with E-state index < -0.39 is 7.25 Å². The fourth-order valence-electron chi connectivity index (χ4n) is 1.25. The van der Waals surface area contributed by atoms with Gasteiger partial charge in [-0.2, -0.15) is 0 Å². The molecule has 17 heavy (non-hydrogen) atoms. The number of nitrogens with zero attached hydrogens (tertiary/aromatic N) is 1. The van der Waals surface area contributed by atoms with E-state index in [9.17, 15) is 17.3 Å². The molecule has 0 spiro atoms. The normalized spacial score (nSPS) is 10.5. The molecule has 0 aromatic carbocycles. The summed E-state index contributed by atoms with van der Waals surface area (Å²) in [6, 6.07) is 4.12. The Labute approximate surface area is 98.3 Å². The van der Waals surface area contributed by atoms with Crippen LogP contribution in [0.25, 0.3) is 0 Å². The molecule has 0 saturated carbocycles. The van der Waals surface area contributed by atoms with Crippen LogP contribution in [0.5, 0.6) is 5.75 Å². The summed E-state index contributed by atoms with van der Waals surface area (Å²) in [5, 5.41) is 0. The van der Waals surface area contributed by atoms with Crippen LogP contribution >= 0.6 is 0 Å². The van der Waals surface area contributed by atoms with Crippen LogP contribution in [0.1, 0.15) is 19.0 Å². The van der Waals surface area contributed by atoms with Crippen LogP contribution in [0.3, 0.4) is 0 Å². The first-order valence-corrected chi connectivity index (χ1v) is 5.17. The number of ether oxygens (including phenoxy) is 1. The molecule has 0 amide bonds. The molecule has 0 aliphatic heterocycles. The van der Waals surface area contributed by atoms with Gasteiger partial charge in [0.05, 0.1) is 7.11 Å². The van der Waals surface area contributed by atoms with Gasteiger partial charge in [0, 0.05) is 12.5 Å². The van der Waals surface area contributed by atoms with Crippen LogP contribution in [-0.2, 0) is 13.5 Å². The highest BCUT2D eigenvalue weighted by atomic mass is 19.5. The number of hydrogen-bond acceptors (Lipinski definition) is 1. The average Bonchev–Trinajstić information content (AvgIpc) is 2.19. The van der Waals surface area contributed by atoms with Crippen molar-refractivity contribution in [3.63, 3.8) is 0 Å². The lowest BCUT2D eigenvalue weighted by Gasteiger charge is -2.00. The first kappa shape index (κ1) is 15.7. The number of aromatic nitrogens is 1. The summed E-state index contributed by atoms with van der Waals surface area (Å²) in [4.78, 5) is 0. The molecule has 1 aromatic heterocycles. The van der Waals surface area contributed by atoms with Gasteiger partial charge in [0.1, 0.15) is 7.05 Å². The second-order valence-corrected chi connectivity index (χ2v) is 3.42. The molecule has 7 heteroatoms. The van der Waals surface area contributed by atoms with E-state index in [-0.39, 0.29) is 0 Å². The first-order valence-electron chi connectivity index (χ1n) is 5.17. The standard InChI is InChI=1S/C10H16NO.BF4/c1-4-5-9-6-7-10(12-3)8-11(9)2;2-1(3,4)5/h6-8H,4-5H2,1-3H3;/q+1;-1. The lowest BCUT2D eigenvalue weighted by atomic mass is 10.2. The van der Waals surface area contributed by atoms with Crippen molar-refractivity contribution in [3.8, 4) is 5.75 Å². The van der Waals surface area contributed by atoms with Gasteiger partial charge >= 0.3 is 7.25 Å². The number of methoxy groups -OCH3 is 1. The van der Waals surface area contributed by atoms with Crippen molar-refractivity contribution >= 4 is 7.25 Å². The zero-order valence-corrected chi connectivity index (χ0v) is 10.1.